The zero-order valence-corrected chi connectivity index (χ0v) is 19.1. The zero-order valence-electron chi connectivity index (χ0n) is 18.3. The molecule has 4 aromatic rings. The number of nitrogens with zero attached hydrogens (tertiary/aromatic N) is 2. The summed E-state index contributed by atoms with van der Waals surface area (Å²) in [6.07, 6.45) is 0. The van der Waals surface area contributed by atoms with Crippen LogP contribution < -0.4 is 14.2 Å². The molecule has 0 bridgehead atoms. The second kappa shape index (κ2) is 9.37. The van der Waals surface area contributed by atoms with Crippen LogP contribution in [0.2, 0.25) is 0 Å². The third-order valence-corrected chi connectivity index (χ3v) is 6.41. The van der Waals surface area contributed by atoms with Crippen molar-refractivity contribution >= 4 is 9.84 Å². The number of hydrogen-bond acceptors (Lipinski definition) is 9. The van der Waals surface area contributed by atoms with E-state index in [2.05, 4.69) is 10.1 Å². The molecule has 2 aromatic heterocycles. The molecule has 9 nitrogen and oxygen atoms in total. The van der Waals surface area contributed by atoms with E-state index in [9.17, 15) is 8.42 Å². The number of hydrogen-bond donors (Lipinski definition) is 0. The van der Waals surface area contributed by atoms with Gasteiger partial charge in [0.15, 0.2) is 27.1 Å². The summed E-state index contributed by atoms with van der Waals surface area (Å²) in [7, 11) is -0.769. The third-order valence-electron chi connectivity index (χ3n) is 4.77. The van der Waals surface area contributed by atoms with E-state index in [4.69, 9.17) is 23.2 Å². The molecule has 4 rings (SSSR count). The highest BCUT2D eigenvalue weighted by Crippen LogP contribution is 2.31. The van der Waals surface area contributed by atoms with Crippen molar-refractivity contribution in [2.75, 3.05) is 20.8 Å². The molecule has 2 aromatic carbocycles. The lowest BCUT2D eigenvalue weighted by atomic mass is 10.2. The first kappa shape index (κ1) is 22.4. The normalized spacial score (nSPS) is 11.4. The molecule has 0 saturated heterocycles. The fraction of sp³-hybridized carbons (Fsp3) is 0.217. The van der Waals surface area contributed by atoms with Gasteiger partial charge in [-0.15, -0.1) is 0 Å². The molecule has 0 saturated carbocycles. The number of furan rings is 1. The summed E-state index contributed by atoms with van der Waals surface area (Å²) < 4.78 is 52.5. The van der Waals surface area contributed by atoms with Gasteiger partial charge in [-0.05, 0) is 55.5 Å². The van der Waals surface area contributed by atoms with Gasteiger partial charge in [0.25, 0.3) is 5.89 Å². The highest BCUT2D eigenvalue weighted by molar-refractivity contribution is 7.90. The molecule has 0 aliphatic carbocycles. The summed E-state index contributed by atoms with van der Waals surface area (Å²) in [4.78, 5) is 4.44. The Morgan fingerprint density at radius 1 is 0.939 bits per heavy atom. The molecule has 0 atom stereocenters. The molecule has 0 fully saturated rings. The number of aromatic nitrogens is 2. The van der Waals surface area contributed by atoms with Gasteiger partial charge in [0.05, 0.1) is 25.7 Å². The van der Waals surface area contributed by atoms with Crippen molar-refractivity contribution in [2.45, 2.75) is 17.6 Å². The molecule has 33 heavy (non-hydrogen) atoms. The molecule has 2 heterocycles. The van der Waals surface area contributed by atoms with Crippen molar-refractivity contribution in [3.63, 3.8) is 0 Å². The van der Waals surface area contributed by atoms with Crippen molar-refractivity contribution < 1.29 is 31.6 Å². The van der Waals surface area contributed by atoms with Crippen molar-refractivity contribution in [2.24, 2.45) is 0 Å². The van der Waals surface area contributed by atoms with E-state index in [1.165, 1.54) is 26.4 Å². The Bertz CT molecular complexity index is 1340. The van der Waals surface area contributed by atoms with Gasteiger partial charge in [-0.25, -0.2) is 8.42 Å². The van der Waals surface area contributed by atoms with Crippen LogP contribution in [0.3, 0.4) is 0 Å². The van der Waals surface area contributed by atoms with Gasteiger partial charge in [0, 0.05) is 11.6 Å². The lowest BCUT2D eigenvalue weighted by molar-refractivity contribution is 0.340. The Labute approximate surface area is 190 Å². The standard InChI is InChI=1S/C23H22N2O7S/c1-4-30-16-7-5-15(6-8-16)22-24-23(32-25-22)20-11-9-17(31-20)14-33(26,27)18-10-12-19(28-2)21(13-18)29-3/h5-13H,4,14H2,1-3H3. The van der Waals surface area contributed by atoms with Gasteiger partial charge in [0.2, 0.25) is 5.82 Å². The first-order valence-electron chi connectivity index (χ1n) is 10.0. The Kier molecular flexibility index (Phi) is 6.36. The van der Waals surface area contributed by atoms with Crippen molar-refractivity contribution in [1.29, 1.82) is 0 Å². The second-order valence-electron chi connectivity index (χ2n) is 6.92. The van der Waals surface area contributed by atoms with Gasteiger partial charge in [-0.3, -0.25) is 0 Å². The molecule has 0 aliphatic heterocycles. The highest BCUT2D eigenvalue weighted by atomic mass is 32.2. The fourth-order valence-corrected chi connectivity index (χ4v) is 4.42. The van der Waals surface area contributed by atoms with Gasteiger partial charge < -0.3 is 23.2 Å². The largest absolute Gasteiger partial charge is 0.494 e. The van der Waals surface area contributed by atoms with Gasteiger partial charge in [-0.2, -0.15) is 4.98 Å². The van der Waals surface area contributed by atoms with Crippen LogP contribution in [0, 0.1) is 0 Å². The third kappa shape index (κ3) is 4.85. The van der Waals surface area contributed by atoms with E-state index in [0.29, 0.717) is 23.9 Å². The molecule has 0 unspecified atom stereocenters. The Morgan fingerprint density at radius 3 is 2.39 bits per heavy atom. The number of sulfone groups is 1. The highest BCUT2D eigenvalue weighted by Gasteiger charge is 2.21. The van der Waals surface area contributed by atoms with Gasteiger partial charge in [-0.1, -0.05) is 5.16 Å². The lowest BCUT2D eigenvalue weighted by Gasteiger charge is -2.09. The van der Waals surface area contributed by atoms with Crippen molar-refractivity contribution in [3.8, 4) is 40.3 Å². The molecular weight excluding hydrogens is 448 g/mol. The maximum absolute atomic E-state index is 12.9. The van der Waals surface area contributed by atoms with Gasteiger partial charge in [0.1, 0.15) is 17.3 Å². The van der Waals surface area contributed by atoms with Gasteiger partial charge >= 0.3 is 0 Å². The second-order valence-corrected chi connectivity index (χ2v) is 8.91. The maximum Gasteiger partial charge on any atom is 0.293 e. The van der Waals surface area contributed by atoms with E-state index in [1.807, 2.05) is 31.2 Å². The summed E-state index contributed by atoms with van der Waals surface area (Å²) in [6.45, 7) is 2.49. The minimum absolute atomic E-state index is 0.0914. The average Bonchev–Trinajstić information content (AvgIpc) is 3.49. The first-order valence-corrected chi connectivity index (χ1v) is 11.7. The number of rotatable bonds is 9. The molecule has 10 heteroatoms. The summed E-state index contributed by atoms with van der Waals surface area (Å²) in [5, 5.41) is 3.97. The Hall–Kier alpha value is -3.79. The van der Waals surface area contributed by atoms with E-state index in [-0.39, 0.29) is 28.1 Å². The molecule has 0 aliphatic rings. The Morgan fingerprint density at radius 2 is 1.70 bits per heavy atom. The molecule has 0 amide bonds. The summed E-state index contributed by atoms with van der Waals surface area (Å²) in [5.74, 6) is 2.21. The van der Waals surface area contributed by atoms with E-state index in [0.717, 1.165) is 11.3 Å². The lowest BCUT2D eigenvalue weighted by Crippen LogP contribution is -2.05. The first-order chi connectivity index (χ1) is 15.9. The molecule has 0 spiro atoms. The van der Waals surface area contributed by atoms with Crippen LogP contribution in [-0.2, 0) is 15.6 Å². The van der Waals surface area contributed by atoms with E-state index >= 15 is 0 Å². The van der Waals surface area contributed by atoms with Crippen LogP contribution in [0.25, 0.3) is 23.0 Å². The SMILES string of the molecule is CCOc1ccc(-c2noc(-c3ccc(CS(=O)(=O)c4ccc(OC)c(OC)c4)o3)n2)cc1. The quantitative estimate of drug-likeness (QED) is 0.351. The summed E-state index contributed by atoms with van der Waals surface area (Å²) >= 11 is 0. The number of benzene rings is 2. The fourth-order valence-electron chi connectivity index (χ4n) is 3.16. The summed E-state index contributed by atoms with van der Waals surface area (Å²) in [6, 6.07) is 14.9. The Balaban J connectivity index is 1.51. The van der Waals surface area contributed by atoms with Crippen LogP contribution >= 0.6 is 0 Å². The number of methoxy groups -OCH3 is 2. The van der Waals surface area contributed by atoms with Crippen molar-refractivity contribution in [1.82, 2.24) is 10.1 Å². The van der Waals surface area contributed by atoms with Crippen LogP contribution in [-0.4, -0.2) is 39.4 Å². The predicted octanol–water partition coefficient (Wildman–Crippen LogP) is 4.39. The molecule has 172 valence electrons. The minimum atomic E-state index is -3.69. The maximum atomic E-state index is 12.9. The predicted molar refractivity (Wildman–Crippen MR) is 119 cm³/mol. The summed E-state index contributed by atoms with van der Waals surface area (Å²) in [5.41, 5.74) is 0.747. The van der Waals surface area contributed by atoms with Crippen molar-refractivity contribution in [3.05, 3.63) is 60.4 Å². The minimum Gasteiger partial charge on any atom is -0.494 e. The molecule has 0 N–H and O–H groups in total. The monoisotopic (exact) mass is 470 g/mol. The smallest absolute Gasteiger partial charge is 0.293 e. The van der Waals surface area contributed by atoms with Crippen LogP contribution in [0.15, 0.2) is 68.4 Å². The van der Waals surface area contributed by atoms with Crippen LogP contribution in [0.4, 0.5) is 0 Å². The van der Waals surface area contributed by atoms with Crippen LogP contribution in [0.1, 0.15) is 12.7 Å². The molecular formula is C23H22N2O7S. The topological polar surface area (TPSA) is 114 Å². The average molecular weight is 471 g/mol. The number of ether oxygens (including phenoxy) is 3. The van der Waals surface area contributed by atoms with Crippen LogP contribution in [0.5, 0.6) is 17.2 Å². The molecule has 0 radical (unpaired) electrons. The van der Waals surface area contributed by atoms with E-state index in [1.54, 1.807) is 18.2 Å². The zero-order chi connectivity index (χ0) is 23.4. The van der Waals surface area contributed by atoms with E-state index < -0.39 is 9.84 Å².